The van der Waals surface area contributed by atoms with Gasteiger partial charge in [0.2, 0.25) is 0 Å². The van der Waals surface area contributed by atoms with E-state index in [9.17, 15) is 9.59 Å². The summed E-state index contributed by atoms with van der Waals surface area (Å²) < 4.78 is 5.25. The zero-order chi connectivity index (χ0) is 14.1. The van der Waals surface area contributed by atoms with Gasteiger partial charge in [0.05, 0.1) is 0 Å². The molecule has 0 aromatic heterocycles. The molecule has 7 heteroatoms. The van der Waals surface area contributed by atoms with Gasteiger partial charge in [-0.05, 0) is 37.2 Å². The summed E-state index contributed by atoms with van der Waals surface area (Å²) in [5.41, 5.74) is 0. The maximum absolute atomic E-state index is 11.6. The highest BCUT2D eigenvalue weighted by molar-refractivity contribution is 7.98. The minimum Gasteiger partial charge on any atom is -0.480 e. The lowest BCUT2D eigenvalue weighted by atomic mass is 10.1. The summed E-state index contributed by atoms with van der Waals surface area (Å²) >= 11 is 1.56. The first-order valence-electron chi connectivity index (χ1n) is 6.47. The number of amides is 2. The maximum atomic E-state index is 11.6. The van der Waals surface area contributed by atoms with E-state index in [2.05, 4.69) is 10.6 Å². The Morgan fingerprint density at radius 2 is 2.32 bits per heavy atom. The number of carboxylic acids is 1. The molecule has 0 saturated carbocycles. The van der Waals surface area contributed by atoms with Crippen LogP contribution < -0.4 is 10.6 Å². The van der Waals surface area contributed by atoms with Crippen LogP contribution in [0.2, 0.25) is 0 Å². The van der Waals surface area contributed by atoms with Crippen molar-refractivity contribution in [2.45, 2.75) is 25.3 Å². The highest BCUT2D eigenvalue weighted by atomic mass is 32.2. The van der Waals surface area contributed by atoms with E-state index in [1.807, 2.05) is 6.26 Å². The first kappa shape index (κ1) is 16.1. The smallest absolute Gasteiger partial charge is 0.326 e. The fraction of sp³-hybridized carbons (Fsp3) is 0.833. The molecule has 0 bridgehead atoms. The number of carboxylic acid groups (broad SMARTS) is 1. The molecule has 0 aliphatic carbocycles. The summed E-state index contributed by atoms with van der Waals surface area (Å²) in [6.45, 7) is 2.11. The number of rotatable bonds is 8. The van der Waals surface area contributed by atoms with Crippen molar-refractivity contribution in [2.75, 3.05) is 31.8 Å². The molecule has 1 saturated heterocycles. The largest absolute Gasteiger partial charge is 0.480 e. The third-order valence-electron chi connectivity index (χ3n) is 3.08. The number of thioether (sulfide) groups is 1. The van der Waals surface area contributed by atoms with Crippen molar-refractivity contribution in [3.05, 3.63) is 0 Å². The minimum atomic E-state index is -0.992. The van der Waals surface area contributed by atoms with Gasteiger partial charge < -0.3 is 20.5 Å². The van der Waals surface area contributed by atoms with E-state index < -0.39 is 18.0 Å². The predicted molar refractivity (Wildman–Crippen MR) is 74.5 cm³/mol. The van der Waals surface area contributed by atoms with Crippen LogP contribution in [0.5, 0.6) is 0 Å². The van der Waals surface area contributed by atoms with Crippen molar-refractivity contribution >= 4 is 23.8 Å². The van der Waals surface area contributed by atoms with Gasteiger partial charge in [0.15, 0.2) is 0 Å². The first-order chi connectivity index (χ1) is 9.13. The third-order valence-corrected chi connectivity index (χ3v) is 3.72. The molecular formula is C12H22N2O4S. The molecule has 0 spiro atoms. The van der Waals surface area contributed by atoms with Gasteiger partial charge in [-0.25, -0.2) is 9.59 Å². The Morgan fingerprint density at radius 1 is 1.53 bits per heavy atom. The maximum Gasteiger partial charge on any atom is 0.326 e. The highest BCUT2D eigenvalue weighted by Crippen LogP contribution is 2.15. The van der Waals surface area contributed by atoms with Crippen LogP contribution in [0.15, 0.2) is 0 Å². The molecule has 110 valence electrons. The van der Waals surface area contributed by atoms with Crippen LogP contribution in [0, 0.1) is 5.92 Å². The molecule has 3 N–H and O–H groups in total. The van der Waals surface area contributed by atoms with Crippen LogP contribution in [0.1, 0.15) is 19.3 Å². The van der Waals surface area contributed by atoms with E-state index in [4.69, 9.17) is 9.84 Å². The van der Waals surface area contributed by atoms with Gasteiger partial charge in [0.1, 0.15) is 6.04 Å². The zero-order valence-corrected chi connectivity index (χ0v) is 12.0. The zero-order valence-electron chi connectivity index (χ0n) is 11.2. The molecule has 6 nitrogen and oxygen atoms in total. The first-order valence-corrected chi connectivity index (χ1v) is 7.86. The van der Waals surface area contributed by atoms with E-state index in [1.165, 1.54) is 0 Å². The second kappa shape index (κ2) is 9.03. The van der Waals surface area contributed by atoms with Crippen LogP contribution >= 0.6 is 11.8 Å². The minimum absolute atomic E-state index is 0.410. The molecule has 2 atom stereocenters. The summed E-state index contributed by atoms with van der Waals surface area (Å²) in [5.74, 6) is 0.219. The Hall–Kier alpha value is -0.950. The van der Waals surface area contributed by atoms with Crippen LogP contribution in [0.25, 0.3) is 0 Å². The van der Waals surface area contributed by atoms with Crippen molar-refractivity contribution in [1.29, 1.82) is 0 Å². The van der Waals surface area contributed by atoms with Crippen LogP contribution in [-0.4, -0.2) is 54.9 Å². The quantitative estimate of drug-likeness (QED) is 0.618. The summed E-state index contributed by atoms with van der Waals surface area (Å²) in [5, 5.41) is 14.2. The topological polar surface area (TPSA) is 87.7 Å². The van der Waals surface area contributed by atoms with Gasteiger partial charge in [-0.2, -0.15) is 11.8 Å². The number of hydrogen-bond acceptors (Lipinski definition) is 4. The number of ether oxygens (including phenoxy) is 1. The standard InChI is InChI=1S/C12H22N2O4S/c1-19-7-4-10(11(15)16)14-12(17)13-5-2-9-3-6-18-8-9/h9-10H,2-8H2,1H3,(H,15,16)(H2,13,14,17)/t9?,10-/m0/s1. The summed E-state index contributed by atoms with van der Waals surface area (Å²) in [6.07, 6.45) is 4.24. The van der Waals surface area contributed by atoms with Crippen molar-refractivity contribution in [1.82, 2.24) is 10.6 Å². The fourth-order valence-corrected chi connectivity index (χ4v) is 2.37. The summed E-state index contributed by atoms with van der Waals surface area (Å²) in [7, 11) is 0. The van der Waals surface area contributed by atoms with Crippen molar-refractivity contribution in [2.24, 2.45) is 5.92 Å². The molecule has 1 aliphatic heterocycles. The Bertz CT molecular complexity index is 295. The van der Waals surface area contributed by atoms with E-state index in [0.29, 0.717) is 24.6 Å². The SMILES string of the molecule is CSCC[C@H](NC(=O)NCCC1CCOC1)C(=O)O. The van der Waals surface area contributed by atoms with Gasteiger partial charge in [-0.3, -0.25) is 0 Å². The number of carbonyl (C=O) groups excluding carboxylic acids is 1. The number of nitrogens with one attached hydrogen (secondary N) is 2. The van der Waals surface area contributed by atoms with E-state index in [-0.39, 0.29) is 0 Å². The molecule has 1 heterocycles. The predicted octanol–water partition coefficient (Wildman–Crippen LogP) is 0.919. The lowest BCUT2D eigenvalue weighted by molar-refractivity contribution is -0.139. The summed E-state index contributed by atoms with van der Waals surface area (Å²) in [4.78, 5) is 22.5. The number of aliphatic carboxylic acids is 1. The molecule has 0 radical (unpaired) electrons. The second-order valence-electron chi connectivity index (χ2n) is 4.59. The Balaban J connectivity index is 2.17. The molecule has 1 fully saturated rings. The molecule has 0 aromatic carbocycles. The number of carbonyl (C=O) groups is 2. The van der Waals surface area contributed by atoms with Crippen molar-refractivity contribution in [3.8, 4) is 0 Å². The molecule has 1 unspecified atom stereocenters. The lowest BCUT2D eigenvalue weighted by Gasteiger charge is -2.15. The van der Waals surface area contributed by atoms with Crippen LogP contribution in [-0.2, 0) is 9.53 Å². The van der Waals surface area contributed by atoms with Gasteiger partial charge in [-0.1, -0.05) is 0 Å². The fourth-order valence-electron chi connectivity index (χ4n) is 1.90. The monoisotopic (exact) mass is 290 g/mol. The average Bonchev–Trinajstić information content (AvgIpc) is 2.87. The molecular weight excluding hydrogens is 268 g/mol. The van der Waals surface area contributed by atoms with E-state index in [0.717, 1.165) is 26.1 Å². The molecule has 0 aromatic rings. The van der Waals surface area contributed by atoms with Gasteiger partial charge in [0, 0.05) is 19.8 Å². The number of hydrogen-bond donors (Lipinski definition) is 3. The lowest BCUT2D eigenvalue weighted by Crippen LogP contribution is -2.46. The Labute approximate surface area is 117 Å². The average molecular weight is 290 g/mol. The summed E-state index contributed by atoms with van der Waals surface area (Å²) in [6, 6.07) is -1.23. The highest BCUT2D eigenvalue weighted by Gasteiger charge is 2.20. The Kier molecular flexibility index (Phi) is 7.66. The normalized spacial score (nSPS) is 19.9. The molecule has 1 aliphatic rings. The second-order valence-corrected chi connectivity index (χ2v) is 5.58. The van der Waals surface area contributed by atoms with Crippen LogP contribution in [0.4, 0.5) is 4.79 Å². The van der Waals surface area contributed by atoms with Crippen molar-refractivity contribution < 1.29 is 19.4 Å². The third kappa shape index (κ3) is 6.68. The van der Waals surface area contributed by atoms with Gasteiger partial charge in [-0.15, -0.1) is 0 Å². The van der Waals surface area contributed by atoms with E-state index in [1.54, 1.807) is 11.8 Å². The van der Waals surface area contributed by atoms with E-state index >= 15 is 0 Å². The molecule has 2 amide bonds. The van der Waals surface area contributed by atoms with Crippen molar-refractivity contribution in [3.63, 3.8) is 0 Å². The molecule has 19 heavy (non-hydrogen) atoms. The Morgan fingerprint density at radius 3 is 2.89 bits per heavy atom. The van der Waals surface area contributed by atoms with Gasteiger partial charge >= 0.3 is 12.0 Å². The van der Waals surface area contributed by atoms with Crippen LogP contribution in [0.3, 0.4) is 0 Å². The number of urea groups is 1. The van der Waals surface area contributed by atoms with Gasteiger partial charge in [0.25, 0.3) is 0 Å². The molecule has 1 rings (SSSR count).